The molecule has 8 heteroatoms. The van der Waals surface area contributed by atoms with Crippen molar-refractivity contribution in [1.82, 2.24) is 15.2 Å². The fraction of sp³-hybridized carbons (Fsp3) is 0.238. The molecular formula is C21H19BrN4O2S. The number of ether oxygens (including phenoxy) is 1. The first-order chi connectivity index (χ1) is 14.0. The molecule has 0 unspecified atom stereocenters. The molecule has 0 radical (unpaired) electrons. The Morgan fingerprint density at radius 3 is 2.76 bits per heavy atom. The predicted molar refractivity (Wildman–Crippen MR) is 117 cm³/mol. The van der Waals surface area contributed by atoms with Crippen LogP contribution in [0.5, 0.6) is 5.88 Å². The topological polar surface area (TPSA) is 68.2 Å². The first-order valence-electron chi connectivity index (χ1n) is 9.19. The largest absolute Gasteiger partial charge is 0.447 e. The fourth-order valence-corrected chi connectivity index (χ4v) is 4.27. The lowest BCUT2D eigenvalue weighted by Crippen LogP contribution is -2.36. The number of amides is 1. The Hall–Kier alpha value is -2.45. The number of rotatable bonds is 3. The van der Waals surface area contributed by atoms with Gasteiger partial charge in [0.1, 0.15) is 0 Å². The van der Waals surface area contributed by atoms with Gasteiger partial charge in [0.25, 0.3) is 0 Å². The minimum Gasteiger partial charge on any atom is -0.447 e. The van der Waals surface area contributed by atoms with Gasteiger partial charge in [0.05, 0.1) is 5.69 Å². The lowest BCUT2D eigenvalue weighted by atomic mass is 10.0. The van der Waals surface area contributed by atoms with Crippen LogP contribution in [0.25, 0.3) is 11.3 Å². The van der Waals surface area contributed by atoms with Gasteiger partial charge in [-0.2, -0.15) is 4.98 Å². The summed E-state index contributed by atoms with van der Waals surface area (Å²) in [6, 6.07) is 13.6. The van der Waals surface area contributed by atoms with Crippen LogP contribution < -0.4 is 9.64 Å². The number of carbonyl (C=O) groups excluding carboxylic acids is 1. The van der Waals surface area contributed by atoms with Gasteiger partial charge in [-0.15, -0.1) is 10.2 Å². The molecule has 0 spiro atoms. The van der Waals surface area contributed by atoms with Crippen LogP contribution in [0.1, 0.15) is 31.2 Å². The third-order valence-electron chi connectivity index (χ3n) is 4.54. The highest BCUT2D eigenvalue weighted by Gasteiger charge is 2.35. The monoisotopic (exact) mass is 470 g/mol. The van der Waals surface area contributed by atoms with E-state index in [1.807, 2.05) is 56.3 Å². The van der Waals surface area contributed by atoms with Gasteiger partial charge >= 0.3 is 0 Å². The number of fused-ring (bicyclic) bond motifs is 3. The summed E-state index contributed by atoms with van der Waals surface area (Å²) in [5.74, 6) is 1.05. The van der Waals surface area contributed by atoms with Gasteiger partial charge in [-0.25, -0.2) is 0 Å². The van der Waals surface area contributed by atoms with E-state index in [0.29, 0.717) is 16.7 Å². The third kappa shape index (κ3) is 3.74. The third-order valence-corrected chi connectivity index (χ3v) is 5.99. The zero-order chi connectivity index (χ0) is 20.5. The lowest BCUT2D eigenvalue weighted by molar-refractivity contribution is -0.118. The van der Waals surface area contributed by atoms with Gasteiger partial charge in [-0.3, -0.25) is 9.69 Å². The van der Waals surface area contributed by atoms with E-state index in [1.165, 1.54) is 18.7 Å². The first-order valence-corrected chi connectivity index (χ1v) is 11.0. The molecule has 0 saturated carbocycles. The molecule has 1 aliphatic heterocycles. The van der Waals surface area contributed by atoms with Crippen molar-refractivity contribution in [2.45, 2.75) is 32.2 Å². The van der Waals surface area contributed by atoms with Crippen LogP contribution in [0.15, 0.2) is 52.1 Å². The van der Waals surface area contributed by atoms with Crippen molar-refractivity contribution in [2.75, 3.05) is 10.7 Å². The molecule has 2 aromatic carbocycles. The van der Waals surface area contributed by atoms with Crippen LogP contribution >= 0.6 is 27.7 Å². The Morgan fingerprint density at radius 1 is 1.24 bits per heavy atom. The van der Waals surface area contributed by atoms with E-state index in [9.17, 15) is 4.79 Å². The van der Waals surface area contributed by atoms with Crippen LogP contribution in [-0.4, -0.2) is 26.8 Å². The zero-order valence-corrected chi connectivity index (χ0v) is 18.6. The van der Waals surface area contributed by atoms with E-state index in [-0.39, 0.29) is 5.91 Å². The van der Waals surface area contributed by atoms with Gasteiger partial charge < -0.3 is 4.74 Å². The standard InChI is InChI=1S/C21H19BrN4O2S/c1-4-29-21-23-19-18(24-25-21)15-11-12(2)9-10-17(15)26(13(3)27)20(28-19)14-7-5-6-8-16(14)22/h5-11,20H,4H2,1-3H3/t20-/m1/s1. The number of anilines is 1. The molecule has 0 saturated heterocycles. The Kier molecular flexibility index (Phi) is 5.56. The molecule has 0 bridgehead atoms. The highest BCUT2D eigenvalue weighted by Crippen LogP contribution is 2.44. The number of hydrogen-bond donors (Lipinski definition) is 0. The molecule has 0 fully saturated rings. The lowest BCUT2D eigenvalue weighted by Gasteiger charge is -2.30. The first kappa shape index (κ1) is 19.8. The van der Waals surface area contributed by atoms with E-state index >= 15 is 0 Å². The molecule has 29 heavy (non-hydrogen) atoms. The zero-order valence-electron chi connectivity index (χ0n) is 16.2. The van der Waals surface area contributed by atoms with Crippen LogP contribution in [0, 0.1) is 6.92 Å². The van der Waals surface area contributed by atoms with E-state index < -0.39 is 6.23 Å². The van der Waals surface area contributed by atoms with E-state index in [0.717, 1.165) is 32.6 Å². The van der Waals surface area contributed by atoms with Crippen LogP contribution in [0.2, 0.25) is 0 Å². The second-order valence-electron chi connectivity index (χ2n) is 6.58. The number of aryl methyl sites for hydroxylation is 1. The molecule has 1 atom stereocenters. The van der Waals surface area contributed by atoms with Crippen molar-refractivity contribution in [1.29, 1.82) is 0 Å². The van der Waals surface area contributed by atoms with Crippen molar-refractivity contribution in [3.05, 3.63) is 58.1 Å². The minimum atomic E-state index is -0.693. The molecule has 2 heterocycles. The molecule has 1 aliphatic rings. The maximum atomic E-state index is 12.8. The highest BCUT2D eigenvalue weighted by atomic mass is 79.9. The van der Waals surface area contributed by atoms with Crippen LogP contribution in [-0.2, 0) is 4.79 Å². The summed E-state index contributed by atoms with van der Waals surface area (Å²) >= 11 is 5.09. The van der Waals surface area contributed by atoms with Gasteiger partial charge in [-0.1, -0.05) is 64.4 Å². The summed E-state index contributed by atoms with van der Waals surface area (Å²) in [6.45, 7) is 5.56. The maximum absolute atomic E-state index is 12.8. The van der Waals surface area contributed by atoms with Crippen molar-refractivity contribution in [3.8, 4) is 17.1 Å². The number of hydrogen-bond acceptors (Lipinski definition) is 6. The second kappa shape index (κ2) is 8.12. The summed E-state index contributed by atoms with van der Waals surface area (Å²) in [4.78, 5) is 19.0. The summed E-state index contributed by atoms with van der Waals surface area (Å²) in [5, 5.41) is 9.21. The van der Waals surface area contributed by atoms with Crippen molar-refractivity contribution >= 4 is 39.3 Å². The molecule has 3 aromatic rings. The second-order valence-corrected chi connectivity index (χ2v) is 8.67. The maximum Gasteiger partial charge on any atom is 0.247 e. The summed E-state index contributed by atoms with van der Waals surface area (Å²) in [7, 11) is 0. The van der Waals surface area contributed by atoms with E-state index in [4.69, 9.17) is 4.74 Å². The van der Waals surface area contributed by atoms with Gasteiger partial charge in [0, 0.05) is 22.5 Å². The molecule has 4 rings (SSSR count). The van der Waals surface area contributed by atoms with E-state index in [2.05, 4.69) is 31.1 Å². The Morgan fingerprint density at radius 2 is 2.03 bits per heavy atom. The Labute approximate surface area is 181 Å². The SMILES string of the molecule is CCSc1nnc2c(n1)O[C@H](c1ccccc1Br)N(C(C)=O)c1ccc(C)cc1-2. The summed E-state index contributed by atoms with van der Waals surface area (Å²) in [6.07, 6.45) is -0.693. The average molecular weight is 471 g/mol. The van der Waals surface area contributed by atoms with Crippen LogP contribution in [0.4, 0.5) is 5.69 Å². The van der Waals surface area contributed by atoms with Crippen molar-refractivity contribution in [2.24, 2.45) is 0 Å². The predicted octanol–water partition coefficient (Wildman–Crippen LogP) is 5.17. The molecule has 1 aromatic heterocycles. The van der Waals surface area contributed by atoms with Gasteiger partial charge in [-0.05, 0) is 30.9 Å². The number of aromatic nitrogens is 3. The number of carbonyl (C=O) groups is 1. The molecule has 6 nitrogen and oxygen atoms in total. The smallest absolute Gasteiger partial charge is 0.247 e. The molecule has 0 N–H and O–H groups in total. The number of thioether (sulfide) groups is 1. The minimum absolute atomic E-state index is 0.139. The number of halogens is 1. The normalized spacial score (nSPS) is 15.2. The highest BCUT2D eigenvalue weighted by molar-refractivity contribution is 9.10. The quantitative estimate of drug-likeness (QED) is 0.492. The van der Waals surface area contributed by atoms with Crippen LogP contribution in [0.3, 0.4) is 0 Å². The molecule has 1 amide bonds. The fourth-order valence-electron chi connectivity index (χ4n) is 3.29. The van der Waals surface area contributed by atoms with Gasteiger partial charge in [0.2, 0.25) is 23.2 Å². The molecule has 0 aliphatic carbocycles. The van der Waals surface area contributed by atoms with Crippen molar-refractivity contribution < 1.29 is 9.53 Å². The Balaban J connectivity index is 1.99. The van der Waals surface area contributed by atoms with E-state index in [1.54, 1.807) is 4.90 Å². The number of benzene rings is 2. The summed E-state index contributed by atoms with van der Waals surface area (Å²) in [5.41, 5.74) is 3.90. The van der Waals surface area contributed by atoms with Crippen molar-refractivity contribution in [3.63, 3.8) is 0 Å². The average Bonchev–Trinajstić information content (AvgIpc) is 2.82. The van der Waals surface area contributed by atoms with Gasteiger partial charge in [0.15, 0.2) is 5.69 Å². The molecule has 148 valence electrons. The summed E-state index contributed by atoms with van der Waals surface area (Å²) < 4.78 is 7.20. The Bertz CT molecular complexity index is 1090. The molecular weight excluding hydrogens is 452 g/mol. The number of nitrogens with zero attached hydrogens (tertiary/aromatic N) is 4.